The van der Waals surface area contributed by atoms with Gasteiger partial charge in [0.1, 0.15) is 0 Å². The van der Waals surface area contributed by atoms with Gasteiger partial charge in [-0.05, 0) is 60.3 Å². The van der Waals surface area contributed by atoms with E-state index in [4.69, 9.17) is 0 Å². The van der Waals surface area contributed by atoms with Crippen molar-refractivity contribution in [3.8, 4) is 11.1 Å². The van der Waals surface area contributed by atoms with Crippen LogP contribution in [0.3, 0.4) is 0 Å². The zero-order valence-corrected chi connectivity index (χ0v) is 15.5. The third kappa shape index (κ3) is 2.14. The van der Waals surface area contributed by atoms with E-state index in [0.29, 0.717) is 5.56 Å². The van der Waals surface area contributed by atoms with Gasteiger partial charge in [0.25, 0.3) is 0 Å². The molecule has 0 saturated carbocycles. The lowest BCUT2D eigenvalue weighted by Gasteiger charge is -2.18. The van der Waals surface area contributed by atoms with Gasteiger partial charge in [-0.1, -0.05) is 84.9 Å². The highest BCUT2D eigenvalue weighted by molar-refractivity contribution is 6.35. The first-order valence-corrected chi connectivity index (χ1v) is 9.65. The first-order chi connectivity index (χ1) is 14.2. The molecular weight excluding hydrogens is 356 g/mol. The van der Waals surface area contributed by atoms with E-state index >= 15 is 0 Å². The highest BCUT2D eigenvalue weighted by Gasteiger charge is 2.18. The van der Waals surface area contributed by atoms with Crippen LogP contribution in [0.1, 0.15) is 10.4 Å². The molecule has 6 aromatic carbocycles. The second kappa shape index (κ2) is 5.79. The zero-order chi connectivity index (χ0) is 19.5. The molecule has 0 radical (unpaired) electrons. The quantitative estimate of drug-likeness (QED) is 0.260. The lowest BCUT2D eigenvalue weighted by atomic mass is 9.85. The lowest BCUT2D eigenvalue weighted by Crippen LogP contribution is -1.99. The van der Waals surface area contributed by atoms with Crippen LogP contribution in [0.15, 0.2) is 91.0 Å². The topological polar surface area (TPSA) is 37.3 Å². The highest BCUT2D eigenvalue weighted by atomic mass is 16.4. The third-order valence-corrected chi connectivity index (χ3v) is 5.96. The number of hydrogen-bond acceptors (Lipinski definition) is 1. The molecule has 0 amide bonds. The van der Waals surface area contributed by atoms with Crippen molar-refractivity contribution in [3.63, 3.8) is 0 Å². The molecular formula is C27H16O2. The highest BCUT2D eigenvalue weighted by Crippen LogP contribution is 2.44. The summed E-state index contributed by atoms with van der Waals surface area (Å²) in [7, 11) is 0. The summed E-state index contributed by atoms with van der Waals surface area (Å²) in [5.74, 6) is -0.907. The standard InChI is InChI=1S/C27H16O2/c28-27(29)22-10-2-1-9-18(22)21-15-14-17-8-4-12-20-19-11-3-6-16-7-5-13-23(24(16)19)26(21)25(17)20/h1-15H,(H,28,29). The van der Waals surface area contributed by atoms with Gasteiger partial charge in [-0.15, -0.1) is 0 Å². The number of benzene rings is 6. The molecule has 0 saturated heterocycles. The number of hydrogen-bond donors (Lipinski definition) is 1. The van der Waals surface area contributed by atoms with Crippen LogP contribution in [0.4, 0.5) is 0 Å². The fourth-order valence-electron chi connectivity index (χ4n) is 4.79. The van der Waals surface area contributed by atoms with Crippen molar-refractivity contribution in [3.05, 3.63) is 96.6 Å². The molecule has 136 valence electrons. The van der Waals surface area contributed by atoms with Gasteiger partial charge in [0.2, 0.25) is 0 Å². The summed E-state index contributed by atoms with van der Waals surface area (Å²) < 4.78 is 0. The molecule has 0 aliphatic rings. The fourth-order valence-corrected chi connectivity index (χ4v) is 4.79. The van der Waals surface area contributed by atoms with Crippen molar-refractivity contribution in [2.75, 3.05) is 0 Å². The van der Waals surface area contributed by atoms with Gasteiger partial charge >= 0.3 is 5.97 Å². The van der Waals surface area contributed by atoms with E-state index in [2.05, 4.69) is 66.7 Å². The molecule has 2 nitrogen and oxygen atoms in total. The Morgan fingerprint density at radius 2 is 1.14 bits per heavy atom. The van der Waals surface area contributed by atoms with Gasteiger partial charge in [-0.2, -0.15) is 0 Å². The Kier molecular flexibility index (Phi) is 3.21. The SMILES string of the molecule is O=C(O)c1ccccc1-c1ccc2cccc3c4cccc5cccc(c1c23)c54. The summed E-state index contributed by atoms with van der Waals surface area (Å²) in [4.78, 5) is 11.9. The van der Waals surface area contributed by atoms with Crippen LogP contribution in [0.25, 0.3) is 54.2 Å². The maximum Gasteiger partial charge on any atom is 0.336 e. The Balaban J connectivity index is 1.94. The lowest BCUT2D eigenvalue weighted by molar-refractivity contribution is 0.0697. The molecule has 0 aromatic heterocycles. The number of carboxylic acids is 1. The average Bonchev–Trinajstić information content (AvgIpc) is 2.77. The number of carbonyl (C=O) groups is 1. The van der Waals surface area contributed by atoms with Crippen molar-refractivity contribution in [2.45, 2.75) is 0 Å². The van der Waals surface area contributed by atoms with Crippen LogP contribution in [0.5, 0.6) is 0 Å². The van der Waals surface area contributed by atoms with Crippen molar-refractivity contribution in [2.24, 2.45) is 0 Å². The molecule has 29 heavy (non-hydrogen) atoms. The van der Waals surface area contributed by atoms with Gasteiger partial charge < -0.3 is 5.11 Å². The molecule has 6 rings (SSSR count). The smallest absolute Gasteiger partial charge is 0.336 e. The minimum Gasteiger partial charge on any atom is -0.478 e. The zero-order valence-electron chi connectivity index (χ0n) is 15.5. The molecule has 0 aliphatic carbocycles. The van der Waals surface area contributed by atoms with Crippen LogP contribution in [0, 0.1) is 0 Å². The average molecular weight is 372 g/mol. The number of fused-ring (bicyclic) bond motifs is 2. The van der Waals surface area contributed by atoms with E-state index < -0.39 is 5.97 Å². The van der Waals surface area contributed by atoms with E-state index in [1.807, 2.05) is 12.1 Å². The summed E-state index contributed by atoms with van der Waals surface area (Å²) in [6.45, 7) is 0. The summed E-state index contributed by atoms with van der Waals surface area (Å²) in [5.41, 5.74) is 2.04. The molecule has 0 unspecified atom stereocenters. The van der Waals surface area contributed by atoms with Crippen LogP contribution >= 0.6 is 0 Å². The van der Waals surface area contributed by atoms with Crippen LogP contribution in [0.2, 0.25) is 0 Å². The molecule has 2 heteroatoms. The molecule has 0 bridgehead atoms. The Labute approximate surface area is 167 Å². The van der Waals surface area contributed by atoms with Crippen molar-refractivity contribution < 1.29 is 9.90 Å². The summed E-state index contributed by atoms with van der Waals surface area (Å²) in [6, 6.07) is 30.6. The van der Waals surface area contributed by atoms with E-state index in [9.17, 15) is 9.90 Å². The van der Waals surface area contributed by atoms with Crippen LogP contribution < -0.4 is 0 Å². The first kappa shape index (κ1) is 16.1. The summed E-state index contributed by atoms with van der Waals surface area (Å²) in [6.07, 6.45) is 0. The van der Waals surface area contributed by atoms with Crippen molar-refractivity contribution in [1.29, 1.82) is 0 Å². The van der Waals surface area contributed by atoms with E-state index in [0.717, 1.165) is 21.9 Å². The minimum absolute atomic E-state index is 0.326. The van der Waals surface area contributed by atoms with Gasteiger partial charge in [0, 0.05) is 0 Å². The maximum absolute atomic E-state index is 11.9. The minimum atomic E-state index is -0.907. The predicted molar refractivity (Wildman–Crippen MR) is 120 cm³/mol. The van der Waals surface area contributed by atoms with E-state index in [1.165, 1.54) is 32.3 Å². The largest absolute Gasteiger partial charge is 0.478 e. The summed E-state index contributed by atoms with van der Waals surface area (Å²) in [5, 5.41) is 19.3. The number of aromatic carboxylic acids is 1. The Hall–Kier alpha value is -3.91. The molecule has 0 aliphatic heterocycles. The monoisotopic (exact) mass is 372 g/mol. The first-order valence-electron chi connectivity index (χ1n) is 9.65. The normalized spacial score (nSPS) is 11.7. The summed E-state index contributed by atoms with van der Waals surface area (Å²) >= 11 is 0. The number of rotatable bonds is 2. The van der Waals surface area contributed by atoms with Gasteiger partial charge in [-0.3, -0.25) is 0 Å². The predicted octanol–water partition coefficient (Wildman–Crippen LogP) is 7.10. The maximum atomic E-state index is 11.9. The number of carboxylic acid groups (broad SMARTS) is 1. The van der Waals surface area contributed by atoms with E-state index in [1.54, 1.807) is 12.1 Å². The molecule has 1 N–H and O–H groups in total. The Bertz CT molecular complexity index is 1570. The Morgan fingerprint density at radius 3 is 1.86 bits per heavy atom. The fraction of sp³-hybridized carbons (Fsp3) is 0. The second-order valence-electron chi connectivity index (χ2n) is 7.45. The molecule has 0 atom stereocenters. The molecule has 0 heterocycles. The molecule has 6 aromatic rings. The van der Waals surface area contributed by atoms with E-state index in [-0.39, 0.29) is 0 Å². The third-order valence-electron chi connectivity index (χ3n) is 5.96. The van der Waals surface area contributed by atoms with Crippen molar-refractivity contribution in [1.82, 2.24) is 0 Å². The molecule has 0 spiro atoms. The molecule has 0 fully saturated rings. The van der Waals surface area contributed by atoms with Gasteiger partial charge in [-0.25, -0.2) is 4.79 Å². The second-order valence-corrected chi connectivity index (χ2v) is 7.45. The van der Waals surface area contributed by atoms with Crippen LogP contribution in [-0.2, 0) is 0 Å². The van der Waals surface area contributed by atoms with Crippen molar-refractivity contribution >= 4 is 49.1 Å². The Morgan fingerprint density at radius 1 is 0.517 bits per heavy atom. The van der Waals surface area contributed by atoms with Crippen LogP contribution in [-0.4, -0.2) is 11.1 Å². The van der Waals surface area contributed by atoms with Gasteiger partial charge in [0.05, 0.1) is 5.56 Å². The van der Waals surface area contributed by atoms with Gasteiger partial charge in [0.15, 0.2) is 0 Å².